The standard InChI is InChI=1S/CH3NOS3/c2-3-1(4)5-6-1/h4H,2H2. The van der Waals surface area contributed by atoms with Crippen molar-refractivity contribution >= 4 is 34.2 Å². The molecule has 2 nitrogen and oxygen atoms in total. The van der Waals surface area contributed by atoms with Crippen LogP contribution in [-0.2, 0) is 4.84 Å². The Bertz CT molecular complexity index is 61.8. The normalized spacial score (nSPS) is 27.0. The van der Waals surface area contributed by atoms with Gasteiger partial charge in [-0.3, -0.25) is 4.84 Å². The zero-order valence-corrected chi connectivity index (χ0v) is 5.28. The maximum Gasteiger partial charge on any atom is 0.243 e. The Morgan fingerprint density at radius 3 is 2.17 bits per heavy atom. The second kappa shape index (κ2) is 1.48. The Morgan fingerprint density at radius 2 is 2.17 bits per heavy atom. The summed E-state index contributed by atoms with van der Waals surface area (Å²) in [6.45, 7) is 0. The van der Waals surface area contributed by atoms with E-state index in [9.17, 15) is 0 Å². The number of hydrogen-bond donors (Lipinski definition) is 2. The van der Waals surface area contributed by atoms with E-state index in [1.54, 1.807) is 0 Å². The second-order valence-electron chi connectivity index (χ2n) is 0.808. The average Bonchev–Trinajstić information content (AvgIpc) is 2.22. The Hall–Kier alpha value is 0.970. The lowest BCUT2D eigenvalue weighted by Gasteiger charge is -1.93. The molecule has 0 radical (unpaired) electrons. The van der Waals surface area contributed by atoms with E-state index in [0.717, 1.165) is 0 Å². The molecule has 1 rings (SSSR count). The predicted molar refractivity (Wildman–Crippen MR) is 32.2 cm³/mol. The minimum absolute atomic E-state index is 0.403. The fraction of sp³-hybridized carbons (Fsp3) is 1.00. The van der Waals surface area contributed by atoms with Gasteiger partial charge in [-0.05, 0) is 21.6 Å². The molecule has 1 aliphatic heterocycles. The fourth-order valence-corrected chi connectivity index (χ4v) is 1.01. The summed E-state index contributed by atoms with van der Waals surface area (Å²) in [5.74, 6) is 4.75. The van der Waals surface area contributed by atoms with Crippen LogP contribution in [0.4, 0.5) is 0 Å². The molecule has 1 saturated heterocycles. The van der Waals surface area contributed by atoms with Crippen molar-refractivity contribution in [1.82, 2.24) is 0 Å². The molecule has 5 heteroatoms. The third-order valence-corrected chi connectivity index (χ3v) is 3.82. The minimum atomic E-state index is -0.403. The van der Waals surface area contributed by atoms with Crippen molar-refractivity contribution in [2.24, 2.45) is 5.90 Å². The van der Waals surface area contributed by atoms with E-state index >= 15 is 0 Å². The van der Waals surface area contributed by atoms with Gasteiger partial charge in [-0.1, -0.05) is 0 Å². The lowest BCUT2D eigenvalue weighted by molar-refractivity contribution is 0.157. The van der Waals surface area contributed by atoms with Gasteiger partial charge in [0.15, 0.2) is 0 Å². The van der Waals surface area contributed by atoms with Crippen molar-refractivity contribution in [3.63, 3.8) is 0 Å². The summed E-state index contributed by atoms with van der Waals surface area (Å²) in [4.78, 5) is 4.34. The second-order valence-corrected chi connectivity index (χ2v) is 4.78. The third kappa shape index (κ3) is 0.974. The summed E-state index contributed by atoms with van der Waals surface area (Å²) < 4.78 is -0.403. The Morgan fingerprint density at radius 1 is 1.67 bits per heavy atom. The number of rotatable bonds is 1. The van der Waals surface area contributed by atoms with Gasteiger partial charge >= 0.3 is 0 Å². The van der Waals surface area contributed by atoms with Crippen LogP contribution in [0.15, 0.2) is 0 Å². The minimum Gasteiger partial charge on any atom is -0.263 e. The molecule has 2 N–H and O–H groups in total. The smallest absolute Gasteiger partial charge is 0.243 e. The molecule has 0 aromatic heterocycles. The van der Waals surface area contributed by atoms with Crippen molar-refractivity contribution in [1.29, 1.82) is 0 Å². The molecular weight excluding hydrogens is 138 g/mol. The topological polar surface area (TPSA) is 35.2 Å². The molecule has 0 bridgehead atoms. The van der Waals surface area contributed by atoms with Gasteiger partial charge in [0.2, 0.25) is 3.60 Å². The number of nitrogens with two attached hydrogens (primary N) is 1. The van der Waals surface area contributed by atoms with Crippen molar-refractivity contribution in [3.8, 4) is 0 Å². The lowest BCUT2D eigenvalue weighted by atomic mass is 11.6. The van der Waals surface area contributed by atoms with E-state index in [1.165, 1.54) is 21.6 Å². The largest absolute Gasteiger partial charge is 0.263 e. The molecule has 0 atom stereocenters. The molecule has 1 fully saturated rings. The van der Waals surface area contributed by atoms with E-state index in [1.807, 2.05) is 0 Å². The quantitative estimate of drug-likeness (QED) is 0.186. The van der Waals surface area contributed by atoms with Crippen molar-refractivity contribution in [3.05, 3.63) is 0 Å². The van der Waals surface area contributed by atoms with E-state index in [2.05, 4.69) is 17.5 Å². The highest BCUT2D eigenvalue weighted by Gasteiger charge is 2.44. The summed E-state index contributed by atoms with van der Waals surface area (Å²) >= 11 is 3.94. The van der Waals surface area contributed by atoms with E-state index < -0.39 is 3.60 Å². The zero-order chi connectivity index (χ0) is 4.62. The molecule has 0 aromatic carbocycles. The molecule has 0 unspecified atom stereocenters. The summed E-state index contributed by atoms with van der Waals surface area (Å²) in [5.41, 5.74) is 0. The van der Waals surface area contributed by atoms with Crippen molar-refractivity contribution < 1.29 is 4.84 Å². The highest BCUT2D eigenvalue weighted by Crippen LogP contribution is 2.67. The molecule has 6 heavy (non-hydrogen) atoms. The van der Waals surface area contributed by atoms with Crippen LogP contribution in [0.1, 0.15) is 0 Å². The van der Waals surface area contributed by atoms with Crippen LogP contribution < -0.4 is 5.90 Å². The number of hydrogen-bond acceptors (Lipinski definition) is 5. The van der Waals surface area contributed by atoms with Crippen LogP contribution in [-0.4, -0.2) is 3.60 Å². The Labute approximate surface area is 48.9 Å². The van der Waals surface area contributed by atoms with Crippen LogP contribution in [0.5, 0.6) is 0 Å². The van der Waals surface area contributed by atoms with Crippen LogP contribution in [0.2, 0.25) is 0 Å². The molecular formula is CH3NOS3. The highest BCUT2D eigenvalue weighted by molar-refractivity contribution is 8.96. The third-order valence-electron chi connectivity index (χ3n) is 0.375. The van der Waals surface area contributed by atoms with Gasteiger partial charge in [-0.15, -0.1) is 12.6 Å². The van der Waals surface area contributed by atoms with Gasteiger partial charge in [-0.2, -0.15) is 0 Å². The molecule has 0 saturated carbocycles. The average molecular weight is 141 g/mol. The van der Waals surface area contributed by atoms with E-state index in [0.29, 0.717) is 0 Å². The van der Waals surface area contributed by atoms with Crippen molar-refractivity contribution in [2.45, 2.75) is 3.60 Å². The maximum atomic E-state index is 4.75. The first-order chi connectivity index (χ1) is 2.77. The fourth-order valence-electron chi connectivity index (χ4n) is 0.0749. The monoisotopic (exact) mass is 141 g/mol. The van der Waals surface area contributed by atoms with Crippen LogP contribution in [0, 0.1) is 0 Å². The van der Waals surface area contributed by atoms with Crippen LogP contribution in [0.25, 0.3) is 0 Å². The molecule has 1 aliphatic rings. The molecule has 36 valence electrons. The van der Waals surface area contributed by atoms with Gasteiger partial charge in [0.1, 0.15) is 0 Å². The van der Waals surface area contributed by atoms with Crippen LogP contribution in [0.3, 0.4) is 0 Å². The molecule has 0 aromatic rings. The van der Waals surface area contributed by atoms with Gasteiger partial charge in [-0.25, -0.2) is 5.90 Å². The zero-order valence-electron chi connectivity index (χ0n) is 2.75. The molecule has 1 heterocycles. The van der Waals surface area contributed by atoms with E-state index in [4.69, 9.17) is 5.90 Å². The first kappa shape index (κ1) is 5.11. The SMILES string of the molecule is NOC1(S)SS1. The van der Waals surface area contributed by atoms with Crippen LogP contribution >= 0.6 is 34.2 Å². The van der Waals surface area contributed by atoms with Gasteiger partial charge in [0, 0.05) is 0 Å². The summed E-state index contributed by atoms with van der Waals surface area (Å²) in [7, 11) is 3.01. The van der Waals surface area contributed by atoms with Gasteiger partial charge in [0.05, 0.1) is 0 Å². The molecule has 0 amide bonds. The summed E-state index contributed by atoms with van der Waals surface area (Å²) in [6, 6.07) is 0. The Kier molecular flexibility index (Phi) is 1.26. The van der Waals surface area contributed by atoms with Crippen molar-refractivity contribution in [2.75, 3.05) is 0 Å². The highest BCUT2D eigenvalue weighted by atomic mass is 33.2. The summed E-state index contributed by atoms with van der Waals surface area (Å²) in [5, 5.41) is 0. The Balaban J connectivity index is 2.28. The predicted octanol–water partition coefficient (Wildman–Crippen LogP) is 0.813. The first-order valence-corrected chi connectivity index (χ1v) is 3.84. The summed E-state index contributed by atoms with van der Waals surface area (Å²) in [6.07, 6.45) is 0. The first-order valence-electron chi connectivity index (χ1n) is 1.24. The van der Waals surface area contributed by atoms with Gasteiger partial charge < -0.3 is 0 Å². The molecule has 0 aliphatic carbocycles. The molecule has 0 spiro atoms. The maximum absolute atomic E-state index is 4.75. The van der Waals surface area contributed by atoms with Gasteiger partial charge in [0.25, 0.3) is 0 Å². The number of thiol groups is 1. The van der Waals surface area contributed by atoms with E-state index in [-0.39, 0.29) is 0 Å². The lowest BCUT2D eigenvalue weighted by Crippen LogP contribution is -2.07.